The van der Waals surface area contributed by atoms with Crippen molar-refractivity contribution >= 4 is 16.7 Å². The molecule has 6 rings (SSSR count). The maximum atomic E-state index is 12.8. The molecular formula is C36H32N4O. The van der Waals surface area contributed by atoms with Gasteiger partial charge in [0.05, 0.1) is 12.0 Å². The number of rotatable bonds is 10. The number of carbonyl (C=O) groups excluding carboxylic acids is 1. The summed E-state index contributed by atoms with van der Waals surface area (Å²) < 4.78 is 2.23. The maximum Gasteiger partial charge on any atom is 0.266 e. The van der Waals surface area contributed by atoms with Gasteiger partial charge in [-0.05, 0) is 46.4 Å². The highest BCUT2D eigenvalue weighted by molar-refractivity contribution is 6.06. The average molecular weight is 537 g/mol. The molecule has 5 nitrogen and oxygen atoms in total. The van der Waals surface area contributed by atoms with Crippen LogP contribution in [0.3, 0.4) is 0 Å². The van der Waals surface area contributed by atoms with Crippen molar-refractivity contribution < 1.29 is 4.79 Å². The Morgan fingerprint density at radius 3 is 1.88 bits per heavy atom. The normalized spacial score (nSPS) is 11.4. The fourth-order valence-corrected chi connectivity index (χ4v) is 5.65. The Kier molecular flexibility index (Phi) is 7.70. The van der Waals surface area contributed by atoms with E-state index >= 15 is 0 Å². The Bertz CT molecular complexity index is 1630. The fraction of sp³-hybridized carbons (Fsp3) is 0.111. The van der Waals surface area contributed by atoms with E-state index in [4.69, 9.17) is 4.98 Å². The number of hydrogen-bond acceptors (Lipinski definition) is 3. The van der Waals surface area contributed by atoms with E-state index in [2.05, 4.69) is 113 Å². The number of hydrazine groups is 1. The van der Waals surface area contributed by atoms with Gasteiger partial charge in [0.15, 0.2) is 0 Å². The van der Waals surface area contributed by atoms with Crippen LogP contribution in [0.5, 0.6) is 0 Å². The summed E-state index contributed by atoms with van der Waals surface area (Å²) in [4.78, 5) is 17.6. The predicted molar refractivity (Wildman–Crippen MR) is 165 cm³/mol. The number of benzene rings is 5. The second-order valence-electron chi connectivity index (χ2n) is 10.1. The third-order valence-electron chi connectivity index (χ3n) is 7.57. The van der Waals surface area contributed by atoms with Crippen LogP contribution in [0.15, 0.2) is 146 Å². The van der Waals surface area contributed by atoms with Gasteiger partial charge >= 0.3 is 0 Å². The van der Waals surface area contributed by atoms with Gasteiger partial charge in [0.25, 0.3) is 5.91 Å². The molecule has 1 heterocycles. The minimum Gasteiger partial charge on any atom is -0.319 e. The van der Waals surface area contributed by atoms with Crippen molar-refractivity contribution in [3.05, 3.63) is 174 Å². The molecule has 202 valence electrons. The van der Waals surface area contributed by atoms with Crippen molar-refractivity contribution in [1.82, 2.24) is 20.4 Å². The van der Waals surface area contributed by atoms with Gasteiger partial charge in [-0.3, -0.25) is 10.2 Å². The van der Waals surface area contributed by atoms with Gasteiger partial charge in [-0.2, -0.15) is 0 Å². The van der Waals surface area contributed by atoms with Gasteiger partial charge < -0.3 is 4.57 Å². The van der Waals surface area contributed by atoms with Gasteiger partial charge in [-0.25, -0.2) is 10.4 Å². The largest absolute Gasteiger partial charge is 0.319 e. The van der Waals surface area contributed by atoms with Crippen LogP contribution in [0.4, 0.5) is 0 Å². The highest BCUT2D eigenvalue weighted by Crippen LogP contribution is 2.40. The summed E-state index contributed by atoms with van der Waals surface area (Å²) in [6, 6.07) is 45.5. The van der Waals surface area contributed by atoms with Crippen molar-refractivity contribution in [3.63, 3.8) is 0 Å². The molecule has 0 atom stereocenters. The van der Waals surface area contributed by atoms with Crippen LogP contribution >= 0.6 is 0 Å². The number of fused-ring (bicyclic) bond motifs is 1. The van der Waals surface area contributed by atoms with Crippen LogP contribution in [0.2, 0.25) is 0 Å². The zero-order chi connectivity index (χ0) is 27.9. The summed E-state index contributed by atoms with van der Waals surface area (Å²) in [7, 11) is 0. The van der Waals surface area contributed by atoms with Gasteiger partial charge in [-0.1, -0.05) is 127 Å². The summed E-state index contributed by atoms with van der Waals surface area (Å²) >= 11 is 0. The molecule has 0 aliphatic carbocycles. The first-order valence-corrected chi connectivity index (χ1v) is 14.0. The molecule has 6 aromatic rings. The third-order valence-corrected chi connectivity index (χ3v) is 7.57. The van der Waals surface area contributed by atoms with E-state index in [-0.39, 0.29) is 5.91 Å². The van der Waals surface area contributed by atoms with E-state index in [0.29, 0.717) is 12.1 Å². The van der Waals surface area contributed by atoms with Crippen LogP contribution in [-0.2, 0) is 12.0 Å². The summed E-state index contributed by atoms with van der Waals surface area (Å²) in [6.07, 6.45) is 5.69. The Morgan fingerprint density at radius 1 is 0.683 bits per heavy atom. The molecule has 2 N–H and O–H groups in total. The summed E-state index contributed by atoms with van der Waals surface area (Å²) in [5.41, 5.74) is 10.5. The molecule has 0 bridgehead atoms. The van der Waals surface area contributed by atoms with E-state index < -0.39 is 5.54 Å². The molecule has 41 heavy (non-hydrogen) atoms. The first-order chi connectivity index (χ1) is 20.3. The molecule has 0 saturated carbocycles. The van der Waals surface area contributed by atoms with Crippen LogP contribution in [0, 0.1) is 0 Å². The topological polar surface area (TPSA) is 59.0 Å². The van der Waals surface area contributed by atoms with Gasteiger partial charge in [0, 0.05) is 18.3 Å². The molecule has 1 aromatic heterocycles. The number of nitrogens with one attached hydrogen (secondary N) is 2. The smallest absolute Gasteiger partial charge is 0.266 e. The summed E-state index contributed by atoms with van der Waals surface area (Å²) in [5.74, 6) is -0.135. The third kappa shape index (κ3) is 5.28. The Morgan fingerprint density at radius 2 is 1.24 bits per heavy atom. The number of aromatic nitrogens is 2. The highest BCUT2D eigenvalue weighted by Gasteiger charge is 2.38. The van der Waals surface area contributed by atoms with Crippen LogP contribution in [0.1, 0.15) is 39.2 Å². The van der Waals surface area contributed by atoms with E-state index in [1.165, 1.54) is 16.7 Å². The first kappa shape index (κ1) is 26.2. The van der Waals surface area contributed by atoms with Gasteiger partial charge in [0.1, 0.15) is 5.54 Å². The fourth-order valence-electron chi connectivity index (χ4n) is 5.65. The van der Waals surface area contributed by atoms with Crippen LogP contribution in [0.25, 0.3) is 10.8 Å². The van der Waals surface area contributed by atoms with Crippen molar-refractivity contribution in [1.29, 1.82) is 0 Å². The zero-order valence-corrected chi connectivity index (χ0v) is 22.8. The van der Waals surface area contributed by atoms with E-state index in [1.54, 1.807) is 0 Å². The molecule has 0 unspecified atom stereocenters. The van der Waals surface area contributed by atoms with Crippen LogP contribution < -0.4 is 10.9 Å². The summed E-state index contributed by atoms with van der Waals surface area (Å²) in [6.45, 7) is 0.630. The molecule has 0 spiro atoms. The number of aryl methyl sites for hydroxylation is 1. The van der Waals surface area contributed by atoms with Gasteiger partial charge in [-0.15, -0.1) is 0 Å². The molecule has 0 fully saturated rings. The molecule has 0 radical (unpaired) electrons. The minimum atomic E-state index is -0.570. The Balaban J connectivity index is 1.19. The zero-order valence-electron chi connectivity index (χ0n) is 22.8. The van der Waals surface area contributed by atoms with Crippen molar-refractivity contribution in [3.8, 4) is 0 Å². The lowest BCUT2D eigenvalue weighted by molar-refractivity contribution is 0.0935. The lowest BCUT2D eigenvalue weighted by Crippen LogP contribution is -2.38. The Hall–Kier alpha value is -5.00. The van der Waals surface area contributed by atoms with Gasteiger partial charge in [0.2, 0.25) is 0 Å². The standard InChI is InChI=1S/C36H32N4O/c41-35(34-24-12-15-28-14-10-11-23-33(28)34)39-38-25-13-22-32-26-40(27-37-32)36(29-16-4-1-5-17-29,30-18-6-2-7-19-30)31-20-8-3-9-21-31/h1-12,14-21,23-24,26-27,38H,13,22,25H2,(H,39,41). The molecule has 0 saturated heterocycles. The van der Waals surface area contributed by atoms with E-state index in [1.807, 2.05) is 48.8 Å². The number of hydrogen-bond donors (Lipinski definition) is 2. The number of amides is 1. The van der Waals surface area contributed by atoms with Crippen molar-refractivity contribution in [2.75, 3.05) is 6.54 Å². The molecule has 5 heteroatoms. The summed E-state index contributed by atoms with van der Waals surface area (Å²) in [5, 5.41) is 1.99. The van der Waals surface area contributed by atoms with Crippen molar-refractivity contribution in [2.45, 2.75) is 18.4 Å². The second kappa shape index (κ2) is 12.0. The molecular weight excluding hydrogens is 504 g/mol. The number of imidazole rings is 1. The second-order valence-corrected chi connectivity index (χ2v) is 10.1. The number of nitrogens with zero attached hydrogens (tertiary/aromatic N) is 2. The average Bonchev–Trinajstić information content (AvgIpc) is 3.51. The van der Waals surface area contributed by atoms with E-state index in [0.717, 1.165) is 29.3 Å². The number of carbonyl (C=O) groups is 1. The van der Waals surface area contributed by atoms with Crippen LogP contribution in [-0.4, -0.2) is 22.0 Å². The molecule has 0 aliphatic rings. The molecule has 0 aliphatic heterocycles. The van der Waals surface area contributed by atoms with E-state index in [9.17, 15) is 4.79 Å². The highest BCUT2D eigenvalue weighted by atomic mass is 16.2. The Labute approximate surface area is 240 Å². The minimum absolute atomic E-state index is 0.135. The SMILES string of the molecule is O=C(NNCCCc1cn(C(c2ccccc2)(c2ccccc2)c2ccccc2)cn1)c1cccc2ccccc12. The predicted octanol–water partition coefficient (Wildman–Crippen LogP) is 6.74. The lowest BCUT2D eigenvalue weighted by Gasteiger charge is -2.37. The van der Waals surface area contributed by atoms with Crippen molar-refractivity contribution in [2.24, 2.45) is 0 Å². The molecule has 1 amide bonds. The lowest BCUT2D eigenvalue weighted by atomic mass is 9.77. The molecule has 5 aromatic carbocycles. The first-order valence-electron chi connectivity index (χ1n) is 14.0. The maximum absolute atomic E-state index is 12.8. The monoisotopic (exact) mass is 536 g/mol. The quantitative estimate of drug-likeness (QED) is 0.116.